The molecule has 4 nitrogen and oxygen atoms in total. The zero-order chi connectivity index (χ0) is 15.6. The summed E-state index contributed by atoms with van der Waals surface area (Å²) in [5.41, 5.74) is 7.50. The average Bonchev–Trinajstić information content (AvgIpc) is 2.55. The lowest BCUT2D eigenvalue weighted by atomic mass is 9.89. The molecule has 0 aliphatic carbocycles. The number of hydrogen-bond donors (Lipinski definition) is 1. The maximum absolute atomic E-state index is 12.5. The number of rotatable bonds is 2. The Kier molecular flexibility index (Phi) is 4.68. The molecule has 1 saturated heterocycles. The summed E-state index contributed by atoms with van der Waals surface area (Å²) in [5.74, 6) is 3.19. The molecule has 0 bridgehead atoms. The molecule has 0 aromatic heterocycles. The van der Waals surface area contributed by atoms with Crippen molar-refractivity contribution in [1.29, 1.82) is 0 Å². The Morgan fingerprint density at radius 2 is 1.91 bits per heavy atom. The van der Waals surface area contributed by atoms with Gasteiger partial charge in [-0.05, 0) is 31.0 Å². The second-order valence-electron chi connectivity index (χ2n) is 5.80. The van der Waals surface area contributed by atoms with E-state index in [0.29, 0.717) is 5.17 Å². The van der Waals surface area contributed by atoms with Crippen molar-refractivity contribution in [2.24, 2.45) is 10.7 Å². The van der Waals surface area contributed by atoms with E-state index in [0.717, 1.165) is 47.9 Å². The standard InChI is InChI=1S/C16H21N3OS2/c1-16(6-9-22-15(17)18-16)13-4-2-12(3-5-13)14(20)19-7-10-21-11-8-19/h2-5H,6-11H2,1H3,(H2,17,18). The average molecular weight is 335 g/mol. The summed E-state index contributed by atoms with van der Waals surface area (Å²) < 4.78 is 0. The van der Waals surface area contributed by atoms with E-state index in [1.807, 2.05) is 40.9 Å². The molecule has 6 heteroatoms. The van der Waals surface area contributed by atoms with Crippen molar-refractivity contribution >= 4 is 34.6 Å². The first-order valence-corrected chi connectivity index (χ1v) is 9.68. The maximum atomic E-state index is 12.5. The molecule has 2 aliphatic heterocycles. The zero-order valence-corrected chi connectivity index (χ0v) is 14.4. The Morgan fingerprint density at radius 1 is 1.23 bits per heavy atom. The van der Waals surface area contributed by atoms with Crippen molar-refractivity contribution in [3.63, 3.8) is 0 Å². The number of thioether (sulfide) groups is 2. The highest BCUT2D eigenvalue weighted by molar-refractivity contribution is 8.13. The van der Waals surface area contributed by atoms with E-state index in [9.17, 15) is 4.79 Å². The molecule has 1 aromatic rings. The van der Waals surface area contributed by atoms with Crippen LogP contribution in [-0.4, -0.2) is 46.3 Å². The number of amidine groups is 1. The molecule has 118 valence electrons. The summed E-state index contributed by atoms with van der Waals surface area (Å²) in [6, 6.07) is 7.91. The molecule has 0 radical (unpaired) electrons. The van der Waals surface area contributed by atoms with E-state index < -0.39 is 0 Å². The van der Waals surface area contributed by atoms with Crippen LogP contribution in [0.5, 0.6) is 0 Å². The van der Waals surface area contributed by atoms with E-state index in [1.54, 1.807) is 11.8 Å². The van der Waals surface area contributed by atoms with Crippen LogP contribution in [0.3, 0.4) is 0 Å². The van der Waals surface area contributed by atoms with Crippen LogP contribution in [0.2, 0.25) is 0 Å². The number of benzene rings is 1. The van der Waals surface area contributed by atoms with Gasteiger partial charge in [0.25, 0.3) is 5.91 Å². The largest absolute Gasteiger partial charge is 0.379 e. The van der Waals surface area contributed by atoms with Gasteiger partial charge >= 0.3 is 0 Å². The van der Waals surface area contributed by atoms with Crippen LogP contribution in [0.25, 0.3) is 0 Å². The van der Waals surface area contributed by atoms with E-state index >= 15 is 0 Å². The van der Waals surface area contributed by atoms with Crippen molar-refractivity contribution < 1.29 is 4.79 Å². The van der Waals surface area contributed by atoms with E-state index in [2.05, 4.69) is 11.9 Å². The van der Waals surface area contributed by atoms with Crippen molar-refractivity contribution in [2.45, 2.75) is 18.9 Å². The number of carbonyl (C=O) groups is 1. The first kappa shape index (κ1) is 15.7. The monoisotopic (exact) mass is 335 g/mol. The van der Waals surface area contributed by atoms with Gasteiger partial charge < -0.3 is 10.6 Å². The maximum Gasteiger partial charge on any atom is 0.253 e. The highest BCUT2D eigenvalue weighted by Crippen LogP contribution is 2.35. The fourth-order valence-corrected chi connectivity index (χ4v) is 4.69. The van der Waals surface area contributed by atoms with Gasteiger partial charge in [-0.1, -0.05) is 23.9 Å². The van der Waals surface area contributed by atoms with E-state index in [1.165, 1.54) is 0 Å². The van der Waals surface area contributed by atoms with Crippen LogP contribution in [0, 0.1) is 0 Å². The molecule has 1 atom stereocenters. The van der Waals surface area contributed by atoms with Crippen LogP contribution >= 0.6 is 23.5 Å². The quantitative estimate of drug-likeness (QED) is 0.902. The number of amides is 1. The van der Waals surface area contributed by atoms with Gasteiger partial charge in [-0.2, -0.15) is 11.8 Å². The van der Waals surface area contributed by atoms with Crippen molar-refractivity contribution in [3.8, 4) is 0 Å². The zero-order valence-electron chi connectivity index (χ0n) is 12.7. The van der Waals surface area contributed by atoms with Gasteiger partial charge in [-0.3, -0.25) is 9.79 Å². The molecule has 2 N–H and O–H groups in total. The SMILES string of the molecule is CC1(c2ccc(C(=O)N3CCSCC3)cc2)CCSC(N)=N1. The summed E-state index contributed by atoms with van der Waals surface area (Å²) >= 11 is 3.52. The normalized spacial score (nSPS) is 25.7. The topological polar surface area (TPSA) is 58.7 Å². The minimum atomic E-state index is -0.265. The number of nitrogens with zero attached hydrogens (tertiary/aromatic N) is 2. The Labute approximate surface area is 139 Å². The van der Waals surface area contributed by atoms with Crippen LogP contribution in [0.4, 0.5) is 0 Å². The van der Waals surface area contributed by atoms with Crippen LogP contribution in [-0.2, 0) is 5.54 Å². The number of carbonyl (C=O) groups excluding carboxylic acids is 1. The summed E-state index contributed by atoms with van der Waals surface area (Å²) in [6.07, 6.45) is 0.967. The van der Waals surface area contributed by atoms with Gasteiger partial charge in [0.15, 0.2) is 5.17 Å². The highest BCUT2D eigenvalue weighted by Gasteiger charge is 2.29. The summed E-state index contributed by atoms with van der Waals surface area (Å²) in [6.45, 7) is 3.81. The molecule has 1 amide bonds. The molecule has 1 fully saturated rings. The minimum absolute atomic E-state index is 0.138. The van der Waals surface area contributed by atoms with Crippen LogP contribution in [0.15, 0.2) is 29.3 Å². The first-order chi connectivity index (χ1) is 10.6. The molecule has 0 spiro atoms. The van der Waals surface area contributed by atoms with Crippen molar-refractivity contribution in [3.05, 3.63) is 35.4 Å². The second kappa shape index (κ2) is 6.54. The Balaban J connectivity index is 1.78. The summed E-state index contributed by atoms with van der Waals surface area (Å²) in [5, 5.41) is 0.653. The molecule has 0 saturated carbocycles. The number of hydrogen-bond acceptors (Lipinski definition) is 5. The molecule has 1 unspecified atom stereocenters. The third-order valence-corrected chi connectivity index (χ3v) is 5.99. The molecule has 2 heterocycles. The molecule has 2 aliphatic rings. The number of nitrogens with two attached hydrogens (primary N) is 1. The molecule has 22 heavy (non-hydrogen) atoms. The molecular weight excluding hydrogens is 314 g/mol. The fraction of sp³-hybridized carbons (Fsp3) is 0.500. The van der Waals surface area contributed by atoms with Crippen molar-refractivity contribution in [1.82, 2.24) is 4.90 Å². The van der Waals surface area contributed by atoms with Gasteiger partial charge in [-0.25, -0.2) is 0 Å². The fourth-order valence-electron chi connectivity index (χ4n) is 2.82. The smallest absolute Gasteiger partial charge is 0.253 e. The Hall–Kier alpha value is -1.14. The van der Waals surface area contributed by atoms with E-state index in [4.69, 9.17) is 5.73 Å². The molecule has 1 aromatic carbocycles. The third kappa shape index (κ3) is 3.27. The van der Waals surface area contributed by atoms with Gasteiger partial charge in [0.2, 0.25) is 0 Å². The van der Waals surface area contributed by atoms with Gasteiger partial charge in [0, 0.05) is 35.9 Å². The predicted molar refractivity (Wildman–Crippen MR) is 95.7 cm³/mol. The van der Waals surface area contributed by atoms with Crippen LogP contribution in [0.1, 0.15) is 29.3 Å². The Morgan fingerprint density at radius 3 is 2.55 bits per heavy atom. The van der Waals surface area contributed by atoms with Crippen LogP contribution < -0.4 is 5.73 Å². The highest BCUT2D eigenvalue weighted by atomic mass is 32.2. The molecular formula is C16H21N3OS2. The van der Waals surface area contributed by atoms with Crippen molar-refractivity contribution in [2.75, 3.05) is 30.3 Å². The Bertz CT molecular complexity index is 582. The second-order valence-corrected chi connectivity index (χ2v) is 8.14. The predicted octanol–water partition coefficient (Wildman–Crippen LogP) is 2.54. The summed E-state index contributed by atoms with van der Waals surface area (Å²) in [7, 11) is 0. The minimum Gasteiger partial charge on any atom is -0.379 e. The lowest BCUT2D eigenvalue weighted by Crippen LogP contribution is -2.37. The number of aliphatic imine (C=N–C) groups is 1. The van der Waals surface area contributed by atoms with Gasteiger partial charge in [-0.15, -0.1) is 0 Å². The van der Waals surface area contributed by atoms with E-state index in [-0.39, 0.29) is 11.4 Å². The lowest BCUT2D eigenvalue weighted by Gasteiger charge is -2.30. The lowest BCUT2D eigenvalue weighted by molar-refractivity contribution is 0.0772. The molecule has 3 rings (SSSR count). The summed E-state index contributed by atoms with van der Waals surface area (Å²) in [4.78, 5) is 19.0. The first-order valence-electron chi connectivity index (χ1n) is 7.54. The van der Waals surface area contributed by atoms with Gasteiger partial charge in [0.1, 0.15) is 0 Å². The van der Waals surface area contributed by atoms with Gasteiger partial charge in [0.05, 0.1) is 5.54 Å². The third-order valence-electron chi connectivity index (χ3n) is 4.25.